The Hall–Kier alpha value is -2.03. The summed E-state index contributed by atoms with van der Waals surface area (Å²) in [6, 6.07) is 9.93. The third-order valence-electron chi connectivity index (χ3n) is 3.04. The molecule has 1 aromatic heterocycles. The minimum atomic E-state index is -0.405. The van der Waals surface area contributed by atoms with Crippen molar-refractivity contribution in [3.8, 4) is 0 Å². The van der Waals surface area contributed by atoms with E-state index in [9.17, 15) is 4.79 Å². The molecule has 1 atom stereocenters. The molecule has 0 bridgehead atoms. The highest BCUT2D eigenvalue weighted by Crippen LogP contribution is 2.27. The Balaban J connectivity index is 2.30. The molecule has 0 aliphatic carbocycles. The first-order valence-corrected chi connectivity index (χ1v) is 6.37. The van der Waals surface area contributed by atoms with Crippen LogP contribution in [0.4, 0.5) is 0 Å². The summed E-state index contributed by atoms with van der Waals surface area (Å²) in [7, 11) is 0. The van der Waals surface area contributed by atoms with Crippen LogP contribution in [0.1, 0.15) is 49.5 Å². The summed E-state index contributed by atoms with van der Waals surface area (Å²) in [5, 5.41) is 0. The van der Waals surface area contributed by atoms with Gasteiger partial charge in [0.25, 0.3) is 0 Å². The van der Waals surface area contributed by atoms with Crippen LogP contribution in [-0.4, -0.2) is 5.97 Å². The van der Waals surface area contributed by atoms with Crippen LogP contribution in [0.5, 0.6) is 0 Å². The maximum Gasteiger partial charge on any atom is 0.303 e. The fourth-order valence-electron chi connectivity index (χ4n) is 1.97. The molecule has 1 aromatic carbocycles. The third kappa shape index (κ3) is 3.25. The van der Waals surface area contributed by atoms with Gasteiger partial charge in [0.05, 0.1) is 12.5 Å². The standard InChI is InChI=1S/C16H18O3/c1-11(2)13-4-6-14(7-5-13)16(19-12(3)17)15-8-9-18-10-15/h4-11,16H,1-3H3/t16-/m0/s1. The first-order valence-electron chi connectivity index (χ1n) is 6.37. The lowest BCUT2D eigenvalue weighted by atomic mass is 9.98. The highest BCUT2D eigenvalue weighted by atomic mass is 16.5. The Morgan fingerprint density at radius 1 is 1.05 bits per heavy atom. The summed E-state index contributed by atoms with van der Waals surface area (Å²) in [4.78, 5) is 11.2. The molecule has 1 heterocycles. The molecule has 0 saturated carbocycles. The minimum Gasteiger partial charge on any atom is -0.472 e. The molecular formula is C16H18O3. The quantitative estimate of drug-likeness (QED) is 0.776. The van der Waals surface area contributed by atoms with Gasteiger partial charge >= 0.3 is 5.97 Å². The van der Waals surface area contributed by atoms with Gasteiger partial charge in [0.2, 0.25) is 0 Å². The fourth-order valence-corrected chi connectivity index (χ4v) is 1.97. The molecule has 0 aliphatic rings. The Bertz CT molecular complexity index is 524. The molecule has 0 N–H and O–H groups in total. The summed E-state index contributed by atoms with van der Waals surface area (Å²) in [6.07, 6.45) is 2.77. The molecule has 19 heavy (non-hydrogen) atoms. The molecule has 3 heteroatoms. The van der Waals surface area contributed by atoms with Crippen LogP contribution in [0, 0.1) is 0 Å². The zero-order valence-electron chi connectivity index (χ0n) is 11.4. The summed E-state index contributed by atoms with van der Waals surface area (Å²) in [6.45, 7) is 5.71. The number of hydrogen-bond donors (Lipinski definition) is 0. The first-order chi connectivity index (χ1) is 9.08. The van der Waals surface area contributed by atoms with E-state index >= 15 is 0 Å². The van der Waals surface area contributed by atoms with Crippen LogP contribution in [0.25, 0.3) is 0 Å². The van der Waals surface area contributed by atoms with Gasteiger partial charge in [-0.25, -0.2) is 0 Å². The lowest BCUT2D eigenvalue weighted by Crippen LogP contribution is -2.09. The van der Waals surface area contributed by atoms with Crippen molar-refractivity contribution in [2.45, 2.75) is 32.8 Å². The second kappa shape index (κ2) is 5.74. The van der Waals surface area contributed by atoms with E-state index in [0.717, 1.165) is 11.1 Å². The molecule has 0 fully saturated rings. The molecule has 0 aliphatic heterocycles. The molecule has 100 valence electrons. The molecule has 0 unspecified atom stereocenters. The zero-order valence-corrected chi connectivity index (χ0v) is 11.4. The monoisotopic (exact) mass is 258 g/mol. The number of furan rings is 1. The maximum atomic E-state index is 11.2. The van der Waals surface area contributed by atoms with Crippen LogP contribution < -0.4 is 0 Å². The summed E-state index contributed by atoms with van der Waals surface area (Å²) in [5.74, 6) is 0.175. The molecule has 0 saturated heterocycles. The third-order valence-corrected chi connectivity index (χ3v) is 3.04. The van der Waals surface area contributed by atoms with Crippen molar-refractivity contribution in [1.29, 1.82) is 0 Å². The van der Waals surface area contributed by atoms with Gasteiger partial charge in [0, 0.05) is 12.5 Å². The Morgan fingerprint density at radius 3 is 2.16 bits per heavy atom. The van der Waals surface area contributed by atoms with E-state index in [0.29, 0.717) is 5.92 Å². The van der Waals surface area contributed by atoms with Gasteiger partial charge in [-0.1, -0.05) is 38.1 Å². The molecule has 0 spiro atoms. The number of esters is 1. The molecule has 2 rings (SSSR count). The van der Waals surface area contributed by atoms with Crippen LogP contribution >= 0.6 is 0 Å². The number of carbonyl (C=O) groups excluding carboxylic acids is 1. The zero-order chi connectivity index (χ0) is 13.8. The van der Waals surface area contributed by atoms with Gasteiger partial charge in [-0.2, -0.15) is 0 Å². The van der Waals surface area contributed by atoms with E-state index < -0.39 is 6.10 Å². The first kappa shape index (κ1) is 13.4. The van der Waals surface area contributed by atoms with Crippen molar-refractivity contribution >= 4 is 5.97 Å². The van der Waals surface area contributed by atoms with Gasteiger partial charge in [0.1, 0.15) is 0 Å². The van der Waals surface area contributed by atoms with E-state index in [-0.39, 0.29) is 5.97 Å². The van der Waals surface area contributed by atoms with E-state index in [1.54, 1.807) is 12.5 Å². The second-order valence-electron chi connectivity index (χ2n) is 4.87. The van der Waals surface area contributed by atoms with Crippen LogP contribution in [0.3, 0.4) is 0 Å². The average molecular weight is 258 g/mol. The SMILES string of the molecule is CC(=O)O[C@@H](c1ccc(C(C)C)cc1)c1ccoc1. The van der Waals surface area contributed by atoms with Crippen molar-refractivity contribution in [2.75, 3.05) is 0 Å². The van der Waals surface area contributed by atoms with Gasteiger partial charge in [-0.3, -0.25) is 4.79 Å². The lowest BCUT2D eigenvalue weighted by molar-refractivity contribution is -0.144. The Morgan fingerprint density at radius 2 is 1.68 bits per heavy atom. The lowest BCUT2D eigenvalue weighted by Gasteiger charge is -2.16. The largest absolute Gasteiger partial charge is 0.472 e. The van der Waals surface area contributed by atoms with Gasteiger partial charge < -0.3 is 9.15 Å². The number of benzene rings is 1. The molecule has 0 amide bonds. The number of ether oxygens (including phenoxy) is 1. The van der Waals surface area contributed by atoms with Gasteiger partial charge in [-0.05, 0) is 23.1 Å². The van der Waals surface area contributed by atoms with E-state index in [4.69, 9.17) is 9.15 Å². The number of rotatable bonds is 4. The highest BCUT2D eigenvalue weighted by molar-refractivity contribution is 5.66. The van der Waals surface area contributed by atoms with Crippen LogP contribution in [0.2, 0.25) is 0 Å². The fraction of sp³-hybridized carbons (Fsp3) is 0.312. The highest BCUT2D eigenvalue weighted by Gasteiger charge is 2.18. The molecule has 3 nitrogen and oxygen atoms in total. The predicted octanol–water partition coefficient (Wildman–Crippen LogP) is 4.06. The van der Waals surface area contributed by atoms with Crippen molar-refractivity contribution in [3.63, 3.8) is 0 Å². The van der Waals surface area contributed by atoms with Crippen molar-refractivity contribution in [1.82, 2.24) is 0 Å². The number of carbonyl (C=O) groups is 1. The molecule has 2 aromatic rings. The second-order valence-corrected chi connectivity index (χ2v) is 4.87. The smallest absolute Gasteiger partial charge is 0.303 e. The van der Waals surface area contributed by atoms with Gasteiger partial charge in [0.15, 0.2) is 6.10 Å². The maximum absolute atomic E-state index is 11.2. The topological polar surface area (TPSA) is 39.4 Å². The molecule has 0 radical (unpaired) electrons. The normalized spacial score (nSPS) is 12.4. The Labute approximate surface area is 113 Å². The van der Waals surface area contributed by atoms with Gasteiger partial charge in [-0.15, -0.1) is 0 Å². The van der Waals surface area contributed by atoms with Crippen LogP contribution in [-0.2, 0) is 9.53 Å². The predicted molar refractivity (Wildman–Crippen MR) is 72.8 cm³/mol. The van der Waals surface area contributed by atoms with E-state index in [2.05, 4.69) is 26.0 Å². The van der Waals surface area contributed by atoms with Crippen molar-refractivity contribution < 1.29 is 13.9 Å². The van der Waals surface area contributed by atoms with Crippen molar-refractivity contribution in [3.05, 3.63) is 59.5 Å². The minimum absolute atomic E-state index is 0.306. The van der Waals surface area contributed by atoms with Crippen LogP contribution in [0.15, 0.2) is 47.3 Å². The summed E-state index contributed by atoms with van der Waals surface area (Å²) in [5.41, 5.74) is 3.05. The van der Waals surface area contributed by atoms with E-state index in [1.165, 1.54) is 12.5 Å². The van der Waals surface area contributed by atoms with E-state index in [1.807, 2.05) is 18.2 Å². The summed E-state index contributed by atoms with van der Waals surface area (Å²) >= 11 is 0. The van der Waals surface area contributed by atoms with Crippen molar-refractivity contribution in [2.24, 2.45) is 0 Å². The summed E-state index contributed by atoms with van der Waals surface area (Å²) < 4.78 is 10.5. The number of hydrogen-bond acceptors (Lipinski definition) is 3. The average Bonchev–Trinajstić information content (AvgIpc) is 2.89. The Kier molecular flexibility index (Phi) is 4.05. The molecular weight excluding hydrogens is 240 g/mol.